The molecule has 1 aromatic heterocycles. The Bertz CT molecular complexity index is 1400. The predicted octanol–water partition coefficient (Wildman–Crippen LogP) is 5.53. The number of alkyl halides is 3. The number of carbonyl (C=O) groups excluding carboxylic acids is 2. The maximum Gasteiger partial charge on any atom is 0.416 e. The molecule has 174 valence electrons. The van der Waals surface area contributed by atoms with Crippen LogP contribution in [0.4, 0.5) is 17.6 Å². The molecule has 4 rings (SSSR count). The lowest BCUT2D eigenvalue weighted by Gasteiger charge is -2.08. The highest BCUT2D eigenvalue weighted by atomic mass is 32.1. The first-order valence-electron chi connectivity index (χ1n) is 10.2. The quantitative estimate of drug-likeness (QED) is 0.352. The Balaban J connectivity index is 1.69. The fourth-order valence-corrected chi connectivity index (χ4v) is 4.84. The molecule has 34 heavy (non-hydrogen) atoms. The highest BCUT2D eigenvalue weighted by Gasteiger charge is 2.30. The summed E-state index contributed by atoms with van der Waals surface area (Å²) in [5, 5.41) is 3.02. The Hall–Kier alpha value is -3.72. The Morgan fingerprint density at radius 1 is 0.971 bits per heavy atom. The van der Waals surface area contributed by atoms with Crippen LogP contribution in [0, 0.1) is 5.82 Å². The first kappa shape index (κ1) is 23.4. The van der Waals surface area contributed by atoms with Gasteiger partial charge < -0.3 is 11.1 Å². The second kappa shape index (κ2) is 9.26. The molecule has 3 aromatic carbocycles. The fourth-order valence-electron chi connectivity index (χ4n) is 3.63. The Labute approximate surface area is 196 Å². The predicted molar refractivity (Wildman–Crippen MR) is 123 cm³/mol. The number of halogens is 4. The molecule has 0 aliphatic carbocycles. The molecule has 0 spiro atoms. The number of amides is 2. The van der Waals surface area contributed by atoms with Crippen molar-refractivity contribution in [2.24, 2.45) is 5.73 Å². The molecule has 0 fully saturated rings. The number of hydrogen-bond acceptors (Lipinski definition) is 3. The van der Waals surface area contributed by atoms with E-state index in [-0.39, 0.29) is 18.5 Å². The van der Waals surface area contributed by atoms with Crippen LogP contribution in [-0.4, -0.2) is 18.4 Å². The minimum atomic E-state index is -4.43. The van der Waals surface area contributed by atoms with E-state index in [1.165, 1.54) is 29.5 Å². The van der Waals surface area contributed by atoms with Gasteiger partial charge in [-0.2, -0.15) is 13.2 Å². The summed E-state index contributed by atoms with van der Waals surface area (Å²) in [6.07, 6.45) is -4.17. The molecule has 0 aliphatic rings. The zero-order chi connectivity index (χ0) is 24.5. The molecule has 2 amide bonds. The number of nitrogens with one attached hydrogen (secondary N) is 1. The molecular formula is C25H18F4N2O2S. The van der Waals surface area contributed by atoms with Crippen LogP contribution in [0.15, 0.2) is 66.7 Å². The first-order valence-corrected chi connectivity index (χ1v) is 11.0. The summed E-state index contributed by atoms with van der Waals surface area (Å²) in [7, 11) is 0. The minimum absolute atomic E-state index is 0.264. The Morgan fingerprint density at radius 3 is 2.47 bits per heavy atom. The van der Waals surface area contributed by atoms with Gasteiger partial charge in [0.2, 0.25) is 5.91 Å². The highest BCUT2D eigenvalue weighted by Crippen LogP contribution is 2.37. The topological polar surface area (TPSA) is 72.2 Å². The third kappa shape index (κ3) is 5.26. The number of rotatable bonds is 6. The average molecular weight is 486 g/mol. The van der Waals surface area contributed by atoms with Crippen molar-refractivity contribution >= 4 is 33.2 Å². The summed E-state index contributed by atoms with van der Waals surface area (Å²) in [6.45, 7) is -0.308. The zero-order valence-corrected chi connectivity index (χ0v) is 18.4. The molecule has 0 bridgehead atoms. The lowest BCUT2D eigenvalue weighted by Crippen LogP contribution is -2.33. The van der Waals surface area contributed by atoms with Crippen LogP contribution < -0.4 is 11.1 Å². The van der Waals surface area contributed by atoms with E-state index in [1.54, 1.807) is 36.4 Å². The van der Waals surface area contributed by atoms with E-state index in [2.05, 4.69) is 5.32 Å². The number of primary amides is 1. The number of fused-ring (bicyclic) bond motifs is 1. The van der Waals surface area contributed by atoms with Crippen molar-refractivity contribution in [1.29, 1.82) is 0 Å². The molecule has 1 heterocycles. The van der Waals surface area contributed by atoms with Crippen LogP contribution >= 0.6 is 11.3 Å². The van der Waals surface area contributed by atoms with Gasteiger partial charge in [-0.3, -0.25) is 9.59 Å². The summed E-state index contributed by atoms with van der Waals surface area (Å²) >= 11 is 1.35. The van der Waals surface area contributed by atoms with Gasteiger partial charge in [-0.1, -0.05) is 30.3 Å². The average Bonchev–Trinajstić information content (AvgIpc) is 3.18. The monoisotopic (exact) mass is 486 g/mol. The molecule has 0 radical (unpaired) electrons. The van der Waals surface area contributed by atoms with Crippen LogP contribution in [0.1, 0.15) is 26.4 Å². The van der Waals surface area contributed by atoms with Gasteiger partial charge >= 0.3 is 6.18 Å². The van der Waals surface area contributed by atoms with Crippen LogP contribution in [0.5, 0.6) is 0 Å². The van der Waals surface area contributed by atoms with Crippen molar-refractivity contribution in [2.45, 2.75) is 12.6 Å². The molecule has 0 saturated carbocycles. The molecule has 3 N–H and O–H groups in total. The zero-order valence-electron chi connectivity index (χ0n) is 17.6. The van der Waals surface area contributed by atoms with E-state index in [1.807, 2.05) is 0 Å². The summed E-state index contributed by atoms with van der Waals surface area (Å²) in [4.78, 5) is 24.0. The van der Waals surface area contributed by atoms with Crippen molar-refractivity contribution in [3.05, 3.63) is 94.1 Å². The second-order valence-corrected chi connectivity index (χ2v) is 8.83. The summed E-state index contributed by atoms with van der Waals surface area (Å²) in [5.74, 6) is -1.65. The van der Waals surface area contributed by atoms with Gasteiger partial charge in [0.25, 0.3) is 5.91 Å². The fraction of sp³-hybridized carbons (Fsp3) is 0.120. The van der Waals surface area contributed by atoms with Gasteiger partial charge in [-0.05, 0) is 52.9 Å². The maximum absolute atomic E-state index is 14.4. The van der Waals surface area contributed by atoms with Crippen molar-refractivity contribution in [1.82, 2.24) is 5.32 Å². The lowest BCUT2D eigenvalue weighted by atomic mass is 10.0. The maximum atomic E-state index is 14.4. The summed E-state index contributed by atoms with van der Waals surface area (Å²) in [6, 6.07) is 16.1. The van der Waals surface area contributed by atoms with E-state index in [4.69, 9.17) is 5.73 Å². The second-order valence-electron chi connectivity index (χ2n) is 7.69. The molecule has 4 aromatic rings. The SMILES string of the molecule is NC(=O)CNC(=O)c1cccc(-c2cc(F)cc3cc(Cc4cccc(C(F)(F)F)c4)sc23)c1. The third-order valence-electron chi connectivity index (χ3n) is 5.12. The van der Waals surface area contributed by atoms with Gasteiger partial charge in [0.15, 0.2) is 0 Å². The lowest BCUT2D eigenvalue weighted by molar-refractivity contribution is -0.137. The molecular weight excluding hydrogens is 468 g/mol. The number of thiophene rings is 1. The smallest absolute Gasteiger partial charge is 0.368 e. The summed E-state index contributed by atoms with van der Waals surface area (Å²) < 4.78 is 54.3. The van der Waals surface area contributed by atoms with E-state index < -0.39 is 29.4 Å². The van der Waals surface area contributed by atoms with Crippen LogP contribution in [0.2, 0.25) is 0 Å². The van der Waals surface area contributed by atoms with E-state index in [0.717, 1.165) is 21.7 Å². The van der Waals surface area contributed by atoms with Gasteiger partial charge in [0.1, 0.15) is 5.82 Å². The molecule has 0 aliphatic heterocycles. The summed E-state index contributed by atoms with van der Waals surface area (Å²) in [5.41, 5.74) is 6.25. The number of benzene rings is 3. The van der Waals surface area contributed by atoms with Crippen LogP contribution in [-0.2, 0) is 17.4 Å². The van der Waals surface area contributed by atoms with E-state index in [0.29, 0.717) is 22.1 Å². The largest absolute Gasteiger partial charge is 0.416 e. The minimum Gasteiger partial charge on any atom is -0.368 e. The number of carbonyl (C=O) groups is 2. The van der Waals surface area contributed by atoms with Crippen molar-refractivity contribution in [2.75, 3.05) is 6.54 Å². The Morgan fingerprint density at radius 2 is 1.74 bits per heavy atom. The number of nitrogens with two attached hydrogens (primary N) is 1. The van der Waals surface area contributed by atoms with Crippen molar-refractivity contribution < 1.29 is 27.2 Å². The van der Waals surface area contributed by atoms with E-state index in [9.17, 15) is 27.2 Å². The van der Waals surface area contributed by atoms with Gasteiger partial charge in [-0.25, -0.2) is 4.39 Å². The van der Waals surface area contributed by atoms with Crippen molar-refractivity contribution in [3.63, 3.8) is 0 Å². The molecule has 4 nitrogen and oxygen atoms in total. The number of hydrogen-bond donors (Lipinski definition) is 2. The molecule has 0 unspecified atom stereocenters. The standard InChI is InChI=1S/C25H18F4N2O2S/c26-19-10-17-11-20(8-14-3-1-6-18(7-14)25(27,28)29)34-23(17)21(12-19)15-4-2-5-16(9-15)24(33)31-13-22(30)32/h1-7,9-12H,8,13H2,(H2,30,32)(H,31,33). The van der Waals surface area contributed by atoms with E-state index >= 15 is 0 Å². The van der Waals surface area contributed by atoms with Crippen molar-refractivity contribution in [3.8, 4) is 11.1 Å². The molecule has 0 atom stereocenters. The van der Waals surface area contributed by atoms with Gasteiger partial charge in [-0.15, -0.1) is 11.3 Å². The highest BCUT2D eigenvalue weighted by molar-refractivity contribution is 7.19. The molecule has 9 heteroatoms. The van der Waals surface area contributed by atoms with Crippen LogP contribution in [0.25, 0.3) is 21.2 Å². The van der Waals surface area contributed by atoms with Crippen LogP contribution in [0.3, 0.4) is 0 Å². The van der Waals surface area contributed by atoms with Gasteiger partial charge in [0, 0.05) is 27.1 Å². The third-order valence-corrected chi connectivity index (χ3v) is 6.31. The molecule has 0 saturated heterocycles. The van der Waals surface area contributed by atoms with Gasteiger partial charge in [0.05, 0.1) is 12.1 Å². The Kier molecular flexibility index (Phi) is 6.39. The first-order chi connectivity index (χ1) is 16.1. The normalized spacial score (nSPS) is 11.5.